The van der Waals surface area contributed by atoms with E-state index in [9.17, 15) is 0 Å². The van der Waals surface area contributed by atoms with Gasteiger partial charge in [-0.05, 0) is 59.9 Å². The summed E-state index contributed by atoms with van der Waals surface area (Å²) in [6.07, 6.45) is 0.939. The monoisotopic (exact) mass is 442 g/mol. The standard InChI is InChI=1S/C27H27ClN4/c1-19-17-21(9-11-25(19)31-15-5-13-29)27(23-7-3-4-8-24(23)28)22-10-12-26(20(2)18-22)32-16-6-14-30/h3-4,7-12,17-18,27,31-32H,5-6,15-16H2,1-2H3. The second-order valence-electron chi connectivity index (χ2n) is 7.77. The van der Waals surface area contributed by atoms with Crippen molar-refractivity contribution in [2.24, 2.45) is 0 Å². The van der Waals surface area contributed by atoms with Crippen LogP contribution in [0.3, 0.4) is 0 Å². The van der Waals surface area contributed by atoms with E-state index in [4.69, 9.17) is 22.1 Å². The minimum absolute atomic E-state index is 0.0117. The van der Waals surface area contributed by atoms with Crippen LogP contribution in [0.5, 0.6) is 0 Å². The predicted molar refractivity (Wildman–Crippen MR) is 132 cm³/mol. The molecule has 4 nitrogen and oxygen atoms in total. The molecule has 0 aliphatic heterocycles. The van der Waals surface area contributed by atoms with Crippen LogP contribution in [0.4, 0.5) is 11.4 Å². The Labute approximate surface area is 195 Å². The van der Waals surface area contributed by atoms with E-state index in [1.807, 2.05) is 18.2 Å². The molecule has 0 unspecified atom stereocenters. The van der Waals surface area contributed by atoms with Crippen LogP contribution < -0.4 is 10.6 Å². The summed E-state index contributed by atoms with van der Waals surface area (Å²) in [6, 6.07) is 25.1. The Hall–Kier alpha value is -3.47. The lowest BCUT2D eigenvalue weighted by molar-refractivity contribution is 0.969. The van der Waals surface area contributed by atoms with Crippen LogP contribution in [0, 0.1) is 36.5 Å². The van der Waals surface area contributed by atoms with Gasteiger partial charge in [0.05, 0.1) is 25.0 Å². The molecule has 2 N–H and O–H groups in total. The lowest BCUT2D eigenvalue weighted by Crippen LogP contribution is -2.08. The van der Waals surface area contributed by atoms with Crippen LogP contribution >= 0.6 is 11.6 Å². The highest BCUT2D eigenvalue weighted by Gasteiger charge is 2.20. The molecular weight excluding hydrogens is 416 g/mol. The number of hydrogen-bond acceptors (Lipinski definition) is 4. The molecule has 0 aliphatic rings. The van der Waals surface area contributed by atoms with Gasteiger partial charge in [-0.15, -0.1) is 0 Å². The third-order valence-electron chi connectivity index (χ3n) is 5.49. The zero-order chi connectivity index (χ0) is 22.9. The maximum absolute atomic E-state index is 8.79. The first kappa shape index (κ1) is 23.2. The van der Waals surface area contributed by atoms with Gasteiger partial charge in [0, 0.05) is 35.4 Å². The molecule has 0 atom stereocenters. The number of nitrogens with zero attached hydrogens (tertiary/aromatic N) is 2. The van der Waals surface area contributed by atoms with Crippen LogP contribution in [-0.2, 0) is 0 Å². The molecule has 0 heterocycles. The van der Waals surface area contributed by atoms with Gasteiger partial charge < -0.3 is 10.6 Å². The summed E-state index contributed by atoms with van der Waals surface area (Å²) in [5, 5.41) is 25.0. The Bertz CT molecular complexity index is 1090. The van der Waals surface area contributed by atoms with Gasteiger partial charge in [0.2, 0.25) is 0 Å². The zero-order valence-corrected chi connectivity index (χ0v) is 19.2. The van der Waals surface area contributed by atoms with Gasteiger partial charge in [0.25, 0.3) is 0 Å². The van der Waals surface area contributed by atoms with Crippen LogP contribution in [0.2, 0.25) is 5.02 Å². The molecule has 0 radical (unpaired) electrons. The summed E-state index contributed by atoms with van der Waals surface area (Å²) in [4.78, 5) is 0. The van der Waals surface area contributed by atoms with Gasteiger partial charge in [-0.2, -0.15) is 10.5 Å². The number of hydrogen-bond donors (Lipinski definition) is 2. The number of nitrogens with one attached hydrogen (secondary N) is 2. The van der Waals surface area contributed by atoms with Gasteiger partial charge in [0.1, 0.15) is 0 Å². The van der Waals surface area contributed by atoms with Gasteiger partial charge in [0.15, 0.2) is 0 Å². The smallest absolute Gasteiger partial charge is 0.0640 e. The molecule has 32 heavy (non-hydrogen) atoms. The maximum Gasteiger partial charge on any atom is 0.0640 e. The number of nitriles is 2. The van der Waals surface area contributed by atoms with E-state index in [2.05, 4.69) is 79.1 Å². The molecule has 0 aromatic heterocycles. The highest BCUT2D eigenvalue weighted by molar-refractivity contribution is 6.31. The van der Waals surface area contributed by atoms with Crippen molar-refractivity contribution in [3.05, 3.63) is 93.5 Å². The van der Waals surface area contributed by atoms with Crippen LogP contribution in [0.15, 0.2) is 60.7 Å². The minimum Gasteiger partial charge on any atom is -0.384 e. The lowest BCUT2D eigenvalue weighted by atomic mass is 9.83. The Morgan fingerprint density at radius 3 is 1.72 bits per heavy atom. The molecule has 5 heteroatoms. The topological polar surface area (TPSA) is 71.6 Å². The summed E-state index contributed by atoms with van der Waals surface area (Å²) < 4.78 is 0. The molecule has 0 saturated heterocycles. The number of halogens is 1. The fourth-order valence-corrected chi connectivity index (χ4v) is 4.14. The SMILES string of the molecule is Cc1cc(C(c2ccc(NCCC#N)c(C)c2)c2ccccc2Cl)ccc1NCCC#N. The summed E-state index contributed by atoms with van der Waals surface area (Å²) in [6.45, 7) is 5.42. The van der Waals surface area contributed by atoms with Crippen molar-refractivity contribution >= 4 is 23.0 Å². The summed E-state index contributed by atoms with van der Waals surface area (Å²) in [5.41, 5.74) is 7.71. The summed E-state index contributed by atoms with van der Waals surface area (Å²) in [7, 11) is 0. The van der Waals surface area contributed by atoms with Crippen LogP contribution in [-0.4, -0.2) is 13.1 Å². The van der Waals surface area contributed by atoms with E-state index in [-0.39, 0.29) is 5.92 Å². The van der Waals surface area contributed by atoms with E-state index in [0.717, 1.165) is 44.2 Å². The summed E-state index contributed by atoms with van der Waals surface area (Å²) in [5.74, 6) is -0.0117. The first-order chi connectivity index (χ1) is 15.5. The molecule has 3 aromatic carbocycles. The molecule has 0 amide bonds. The van der Waals surface area contributed by atoms with E-state index in [1.165, 1.54) is 0 Å². The fourth-order valence-electron chi connectivity index (χ4n) is 3.90. The number of rotatable bonds is 9. The average Bonchev–Trinajstić information content (AvgIpc) is 2.78. The first-order valence-corrected chi connectivity index (χ1v) is 11.1. The van der Waals surface area contributed by atoms with Crippen molar-refractivity contribution in [3.8, 4) is 12.1 Å². The Morgan fingerprint density at radius 2 is 1.28 bits per heavy atom. The van der Waals surface area contributed by atoms with Gasteiger partial charge >= 0.3 is 0 Å². The highest BCUT2D eigenvalue weighted by Crippen LogP contribution is 2.38. The van der Waals surface area contributed by atoms with E-state index < -0.39 is 0 Å². The van der Waals surface area contributed by atoms with E-state index in [1.54, 1.807) is 0 Å². The normalized spacial score (nSPS) is 10.4. The lowest BCUT2D eigenvalue weighted by Gasteiger charge is -2.23. The third-order valence-corrected chi connectivity index (χ3v) is 5.83. The first-order valence-electron chi connectivity index (χ1n) is 10.7. The van der Waals surface area contributed by atoms with Crippen molar-refractivity contribution in [1.82, 2.24) is 0 Å². The molecule has 0 saturated carbocycles. The van der Waals surface area contributed by atoms with Crippen molar-refractivity contribution in [2.75, 3.05) is 23.7 Å². The molecular formula is C27H27ClN4. The Balaban J connectivity index is 2.00. The van der Waals surface area contributed by atoms with Crippen molar-refractivity contribution < 1.29 is 0 Å². The average molecular weight is 443 g/mol. The van der Waals surface area contributed by atoms with Crippen molar-refractivity contribution in [3.63, 3.8) is 0 Å². The highest BCUT2D eigenvalue weighted by atomic mass is 35.5. The molecule has 162 valence electrons. The Morgan fingerprint density at radius 1 is 0.781 bits per heavy atom. The zero-order valence-electron chi connectivity index (χ0n) is 18.5. The fraction of sp³-hybridized carbons (Fsp3) is 0.259. The number of aryl methyl sites for hydroxylation is 2. The second kappa shape index (κ2) is 11.2. The third kappa shape index (κ3) is 5.61. The van der Waals surface area contributed by atoms with Crippen molar-refractivity contribution in [2.45, 2.75) is 32.6 Å². The molecule has 0 bridgehead atoms. The molecule has 3 rings (SSSR count). The van der Waals surface area contributed by atoms with Gasteiger partial charge in [-0.3, -0.25) is 0 Å². The van der Waals surface area contributed by atoms with Gasteiger partial charge in [-0.25, -0.2) is 0 Å². The predicted octanol–water partition coefficient (Wildman–Crippen LogP) is 6.79. The van der Waals surface area contributed by atoms with Gasteiger partial charge in [-0.1, -0.05) is 54.1 Å². The van der Waals surface area contributed by atoms with Crippen LogP contribution in [0.25, 0.3) is 0 Å². The summed E-state index contributed by atoms with van der Waals surface area (Å²) >= 11 is 6.64. The maximum atomic E-state index is 8.79. The number of anilines is 2. The molecule has 0 aliphatic carbocycles. The molecule has 0 spiro atoms. The molecule has 3 aromatic rings. The molecule has 0 fully saturated rings. The minimum atomic E-state index is -0.0117. The largest absolute Gasteiger partial charge is 0.384 e. The Kier molecular flexibility index (Phi) is 8.14. The quantitative estimate of drug-likeness (QED) is 0.282. The second-order valence-corrected chi connectivity index (χ2v) is 8.18. The van der Waals surface area contributed by atoms with Crippen LogP contribution in [0.1, 0.15) is 46.6 Å². The van der Waals surface area contributed by atoms with Crippen molar-refractivity contribution in [1.29, 1.82) is 10.5 Å². The van der Waals surface area contributed by atoms with E-state index in [0.29, 0.717) is 25.9 Å². The van der Waals surface area contributed by atoms with E-state index >= 15 is 0 Å². The number of benzene rings is 3.